The van der Waals surface area contributed by atoms with Gasteiger partial charge in [-0.2, -0.15) is 0 Å². The van der Waals surface area contributed by atoms with E-state index in [1.807, 2.05) is 24.3 Å². The van der Waals surface area contributed by atoms with E-state index in [9.17, 15) is 8.42 Å². The highest BCUT2D eigenvalue weighted by molar-refractivity contribution is 7.89. The molecule has 0 aliphatic carbocycles. The molecule has 0 radical (unpaired) electrons. The molecule has 2 aromatic carbocycles. The van der Waals surface area contributed by atoms with E-state index in [0.29, 0.717) is 0 Å². The Bertz CT molecular complexity index is 797. The second kappa shape index (κ2) is 7.31. The lowest BCUT2D eigenvalue weighted by molar-refractivity contribution is 0.581. The fourth-order valence-corrected chi connectivity index (χ4v) is 4.49. The number of anilines is 1. The fraction of sp³-hybridized carbons (Fsp3) is 0.294. The normalized spacial score (nSPS) is 15.0. The van der Waals surface area contributed by atoms with Gasteiger partial charge in [0.15, 0.2) is 0 Å². The third kappa shape index (κ3) is 4.22. The molecule has 1 aliphatic rings. The van der Waals surface area contributed by atoms with Crippen LogP contribution in [0, 0.1) is 0 Å². The van der Waals surface area contributed by atoms with E-state index in [1.165, 1.54) is 36.7 Å². The van der Waals surface area contributed by atoms with Crippen LogP contribution >= 0.6 is 23.2 Å². The van der Waals surface area contributed by atoms with Gasteiger partial charge >= 0.3 is 0 Å². The third-order valence-electron chi connectivity index (χ3n) is 4.02. The Morgan fingerprint density at radius 3 is 2.12 bits per heavy atom. The molecular formula is C17H18Cl2N2O2S. The standard InChI is InChI=1S/C17H18Cl2N2O2S/c18-14-9-15(19)11-17(10-14)24(22,23)20-12-13-3-5-16(6-4-13)21-7-1-2-8-21/h3-6,9-11,20H,1-2,7-8,12H2. The molecule has 4 nitrogen and oxygen atoms in total. The highest BCUT2D eigenvalue weighted by Gasteiger charge is 2.16. The van der Waals surface area contributed by atoms with Crippen molar-refractivity contribution in [3.8, 4) is 0 Å². The molecule has 0 unspecified atom stereocenters. The fourth-order valence-electron chi connectivity index (χ4n) is 2.75. The van der Waals surface area contributed by atoms with Crippen molar-refractivity contribution in [3.05, 3.63) is 58.1 Å². The molecule has 3 rings (SSSR count). The molecule has 0 saturated carbocycles. The maximum Gasteiger partial charge on any atom is 0.240 e. The molecule has 0 atom stereocenters. The second-order valence-electron chi connectivity index (χ2n) is 5.79. The molecular weight excluding hydrogens is 367 g/mol. The molecule has 0 spiro atoms. The Hall–Kier alpha value is -1.27. The SMILES string of the molecule is O=S(=O)(NCc1ccc(N2CCCC2)cc1)c1cc(Cl)cc(Cl)c1. The quantitative estimate of drug-likeness (QED) is 0.844. The minimum Gasteiger partial charge on any atom is -0.372 e. The van der Waals surface area contributed by atoms with Gasteiger partial charge in [-0.3, -0.25) is 0 Å². The molecule has 128 valence electrons. The predicted octanol–water partition coefficient (Wildman–Crippen LogP) is 4.07. The number of nitrogens with zero attached hydrogens (tertiary/aromatic N) is 1. The summed E-state index contributed by atoms with van der Waals surface area (Å²) in [4.78, 5) is 2.40. The van der Waals surface area contributed by atoms with Crippen molar-refractivity contribution < 1.29 is 8.42 Å². The van der Waals surface area contributed by atoms with Crippen molar-refractivity contribution in [2.24, 2.45) is 0 Å². The number of benzene rings is 2. The topological polar surface area (TPSA) is 49.4 Å². The van der Waals surface area contributed by atoms with Crippen LogP contribution in [0.3, 0.4) is 0 Å². The van der Waals surface area contributed by atoms with E-state index in [-0.39, 0.29) is 21.5 Å². The van der Waals surface area contributed by atoms with Gasteiger partial charge in [0.05, 0.1) is 4.90 Å². The minimum atomic E-state index is -3.66. The first-order valence-corrected chi connectivity index (χ1v) is 9.98. The summed E-state index contributed by atoms with van der Waals surface area (Å²) < 4.78 is 27.3. The summed E-state index contributed by atoms with van der Waals surface area (Å²) in [5.41, 5.74) is 2.08. The summed E-state index contributed by atoms with van der Waals surface area (Å²) in [6.07, 6.45) is 2.45. The number of sulfonamides is 1. The lowest BCUT2D eigenvalue weighted by atomic mass is 10.2. The summed E-state index contributed by atoms with van der Waals surface area (Å²) in [7, 11) is -3.66. The molecule has 0 bridgehead atoms. The van der Waals surface area contributed by atoms with Gasteiger partial charge in [-0.1, -0.05) is 35.3 Å². The average molecular weight is 385 g/mol. The molecule has 1 fully saturated rings. The molecule has 1 aliphatic heterocycles. The Morgan fingerprint density at radius 2 is 1.54 bits per heavy atom. The first-order valence-electron chi connectivity index (χ1n) is 7.74. The van der Waals surface area contributed by atoms with Crippen molar-refractivity contribution in [1.82, 2.24) is 4.72 Å². The summed E-state index contributed by atoms with van der Waals surface area (Å²) in [6.45, 7) is 2.38. The van der Waals surface area contributed by atoms with E-state index in [4.69, 9.17) is 23.2 Å². The van der Waals surface area contributed by atoms with E-state index < -0.39 is 10.0 Å². The zero-order valence-electron chi connectivity index (χ0n) is 13.0. The Kier molecular flexibility index (Phi) is 5.35. The van der Waals surface area contributed by atoms with Gasteiger partial charge in [0.25, 0.3) is 0 Å². The van der Waals surface area contributed by atoms with Crippen LogP contribution in [0.25, 0.3) is 0 Å². The van der Waals surface area contributed by atoms with Gasteiger partial charge in [0.2, 0.25) is 10.0 Å². The number of nitrogens with one attached hydrogen (secondary N) is 1. The van der Waals surface area contributed by atoms with Crippen LogP contribution in [0.4, 0.5) is 5.69 Å². The number of hydrogen-bond donors (Lipinski definition) is 1. The van der Waals surface area contributed by atoms with Crippen LogP contribution in [0.5, 0.6) is 0 Å². The molecule has 1 saturated heterocycles. The molecule has 24 heavy (non-hydrogen) atoms. The third-order valence-corrected chi connectivity index (χ3v) is 5.84. The monoisotopic (exact) mass is 384 g/mol. The Balaban J connectivity index is 1.68. The van der Waals surface area contributed by atoms with Crippen LogP contribution in [0.2, 0.25) is 10.0 Å². The zero-order valence-corrected chi connectivity index (χ0v) is 15.3. The summed E-state index contributed by atoms with van der Waals surface area (Å²) >= 11 is 11.7. The van der Waals surface area contributed by atoms with Crippen molar-refractivity contribution in [3.63, 3.8) is 0 Å². The number of halogens is 2. The smallest absolute Gasteiger partial charge is 0.240 e. The molecule has 0 amide bonds. The highest BCUT2D eigenvalue weighted by atomic mass is 35.5. The van der Waals surface area contributed by atoms with Gasteiger partial charge in [-0.05, 0) is 48.7 Å². The van der Waals surface area contributed by atoms with Crippen LogP contribution in [-0.4, -0.2) is 21.5 Å². The van der Waals surface area contributed by atoms with Gasteiger partial charge < -0.3 is 4.90 Å². The van der Waals surface area contributed by atoms with Crippen molar-refractivity contribution in [1.29, 1.82) is 0 Å². The largest absolute Gasteiger partial charge is 0.372 e. The van der Waals surface area contributed by atoms with E-state index in [0.717, 1.165) is 18.7 Å². The molecule has 0 aromatic heterocycles. The highest BCUT2D eigenvalue weighted by Crippen LogP contribution is 2.23. The first kappa shape index (κ1) is 17.5. The maximum atomic E-state index is 12.3. The van der Waals surface area contributed by atoms with Crippen LogP contribution in [0.15, 0.2) is 47.4 Å². The lowest BCUT2D eigenvalue weighted by Gasteiger charge is -2.17. The average Bonchev–Trinajstić information content (AvgIpc) is 3.07. The van der Waals surface area contributed by atoms with E-state index in [1.54, 1.807) is 0 Å². The van der Waals surface area contributed by atoms with Crippen molar-refractivity contribution >= 4 is 38.9 Å². The summed E-state index contributed by atoms with van der Waals surface area (Å²) in [6, 6.07) is 12.2. The van der Waals surface area contributed by atoms with Crippen LogP contribution in [0.1, 0.15) is 18.4 Å². The van der Waals surface area contributed by atoms with Crippen LogP contribution in [-0.2, 0) is 16.6 Å². The summed E-state index contributed by atoms with van der Waals surface area (Å²) in [5.74, 6) is 0. The van der Waals surface area contributed by atoms with Gasteiger partial charge in [0, 0.05) is 35.4 Å². The van der Waals surface area contributed by atoms with Crippen molar-refractivity contribution in [2.75, 3.05) is 18.0 Å². The molecule has 1 N–H and O–H groups in total. The number of hydrogen-bond acceptors (Lipinski definition) is 3. The van der Waals surface area contributed by atoms with E-state index >= 15 is 0 Å². The van der Waals surface area contributed by atoms with Gasteiger partial charge in [0.1, 0.15) is 0 Å². The van der Waals surface area contributed by atoms with Crippen molar-refractivity contribution in [2.45, 2.75) is 24.3 Å². The maximum absolute atomic E-state index is 12.3. The Labute approximate surface area is 152 Å². The first-order chi connectivity index (χ1) is 11.4. The lowest BCUT2D eigenvalue weighted by Crippen LogP contribution is -2.23. The molecule has 1 heterocycles. The number of rotatable bonds is 5. The summed E-state index contributed by atoms with van der Waals surface area (Å²) in [5, 5.41) is 0.579. The minimum absolute atomic E-state index is 0.0636. The van der Waals surface area contributed by atoms with Crippen LogP contribution < -0.4 is 9.62 Å². The molecule has 7 heteroatoms. The Morgan fingerprint density at radius 1 is 0.958 bits per heavy atom. The van der Waals surface area contributed by atoms with Gasteiger partial charge in [-0.15, -0.1) is 0 Å². The zero-order chi connectivity index (χ0) is 17.2. The predicted molar refractivity (Wildman–Crippen MR) is 98.4 cm³/mol. The van der Waals surface area contributed by atoms with E-state index in [2.05, 4.69) is 9.62 Å². The van der Waals surface area contributed by atoms with Gasteiger partial charge in [-0.25, -0.2) is 13.1 Å². The second-order valence-corrected chi connectivity index (χ2v) is 8.43. The molecule has 2 aromatic rings.